The third kappa shape index (κ3) is 1.17. The van der Waals surface area contributed by atoms with Crippen LogP contribution in [0.5, 0.6) is 0 Å². The van der Waals surface area contributed by atoms with Crippen molar-refractivity contribution in [2.75, 3.05) is 11.9 Å². The average molecular weight is 200 g/mol. The number of rotatable bonds is 0. The molecule has 15 heavy (non-hydrogen) atoms. The summed E-state index contributed by atoms with van der Waals surface area (Å²) in [7, 11) is 2.15. The Hall–Kier alpha value is -1.44. The summed E-state index contributed by atoms with van der Waals surface area (Å²) in [6.07, 6.45) is 5.09. The van der Waals surface area contributed by atoms with Crippen LogP contribution in [-0.4, -0.2) is 18.1 Å². The fourth-order valence-electron chi connectivity index (χ4n) is 2.59. The van der Waals surface area contributed by atoms with Gasteiger partial charge >= 0.3 is 0 Å². The number of anilines is 1. The first-order chi connectivity index (χ1) is 7.27. The summed E-state index contributed by atoms with van der Waals surface area (Å²) in [5.41, 5.74) is 4.34. The van der Waals surface area contributed by atoms with Gasteiger partial charge in [-0.1, -0.05) is 18.2 Å². The molecule has 0 N–H and O–H groups in total. The Morgan fingerprint density at radius 1 is 1.20 bits per heavy atom. The van der Waals surface area contributed by atoms with Crippen molar-refractivity contribution < 1.29 is 0 Å². The third-order valence-electron chi connectivity index (χ3n) is 3.53. The van der Waals surface area contributed by atoms with Crippen molar-refractivity contribution >= 4 is 5.69 Å². The van der Waals surface area contributed by atoms with Gasteiger partial charge in [0.2, 0.25) is 0 Å². The molecule has 2 aliphatic heterocycles. The Morgan fingerprint density at radius 3 is 2.87 bits per heavy atom. The van der Waals surface area contributed by atoms with Gasteiger partial charge in [-0.3, -0.25) is 0 Å². The van der Waals surface area contributed by atoms with Crippen molar-refractivity contribution in [2.45, 2.75) is 25.9 Å². The molecular weight excluding hydrogens is 184 g/mol. The minimum atomic E-state index is 0.460. The van der Waals surface area contributed by atoms with Crippen LogP contribution in [0, 0.1) is 0 Å². The molecule has 1 unspecified atom stereocenters. The van der Waals surface area contributed by atoms with Gasteiger partial charge in [-0.05, 0) is 31.4 Å². The van der Waals surface area contributed by atoms with E-state index < -0.39 is 0 Å². The summed E-state index contributed by atoms with van der Waals surface area (Å²) in [5.74, 6) is 0. The van der Waals surface area contributed by atoms with E-state index in [1.165, 1.54) is 29.8 Å². The van der Waals surface area contributed by atoms with Gasteiger partial charge in [0.15, 0.2) is 0 Å². The molecule has 0 aromatic heterocycles. The van der Waals surface area contributed by atoms with Crippen molar-refractivity contribution in [3.8, 4) is 0 Å². The molecule has 2 heteroatoms. The van der Waals surface area contributed by atoms with Gasteiger partial charge in [0.1, 0.15) is 6.17 Å². The topological polar surface area (TPSA) is 6.48 Å². The van der Waals surface area contributed by atoms with E-state index in [1.54, 1.807) is 0 Å². The van der Waals surface area contributed by atoms with Gasteiger partial charge in [-0.2, -0.15) is 0 Å². The minimum absolute atomic E-state index is 0.460. The van der Waals surface area contributed by atoms with Gasteiger partial charge in [0, 0.05) is 24.6 Å². The SMILES string of the molecule is CC1N(C)C=C2CCc3ccccc3N21. The van der Waals surface area contributed by atoms with E-state index in [1.807, 2.05) is 0 Å². The highest BCUT2D eigenvalue weighted by Gasteiger charge is 2.31. The molecule has 0 fully saturated rings. The Morgan fingerprint density at radius 2 is 2.00 bits per heavy atom. The average Bonchev–Trinajstić information content (AvgIpc) is 2.55. The fourth-order valence-corrected chi connectivity index (χ4v) is 2.59. The normalized spacial score (nSPS) is 23.6. The lowest BCUT2D eigenvalue weighted by atomic mass is 10.00. The summed E-state index contributed by atoms with van der Waals surface area (Å²) in [4.78, 5) is 4.75. The number of fused-ring (bicyclic) bond motifs is 3. The Labute approximate surface area is 90.8 Å². The van der Waals surface area contributed by atoms with E-state index in [-0.39, 0.29) is 0 Å². The highest BCUT2D eigenvalue weighted by Crippen LogP contribution is 2.37. The fraction of sp³-hybridized carbons (Fsp3) is 0.385. The second kappa shape index (κ2) is 3.02. The molecule has 2 heterocycles. The quantitative estimate of drug-likeness (QED) is 0.635. The molecule has 1 atom stereocenters. The van der Waals surface area contributed by atoms with E-state index in [9.17, 15) is 0 Å². The maximum Gasteiger partial charge on any atom is 0.102 e. The van der Waals surface area contributed by atoms with Gasteiger partial charge < -0.3 is 9.80 Å². The maximum atomic E-state index is 2.46. The summed E-state index contributed by atoms with van der Waals surface area (Å²) < 4.78 is 0. The summed E-state index contributed by atoms with van der Waals surface area (Å²) in [6.45, 7) is 2.26. The third-order valence-corrected chi connectivity index (χ3v) is 3.53. The van der Waals surface area contributed by atoms with Gasteiger partial charge in [0.25, 0.3) is 0 Å². The second-order valence-corrected chi connectivity index (χ2v) is 4.42. The lowest BCUT2D eigenvalue weighted by Gasteiger charge is -2.34. The number of hydrogen-bond acceptors (Lipinski definition) is 2. The van der Waals surface area contributed by atoms with Crippen molar-refractivity contribution in [1.82, 2.24) is 4.90 Å². The molecule has 2 aliphatic rings. The number of allylic oxidation sites excluding steroid dienone is 1. The van der Waals surface area contributed by atoms with E-state index >= 15 is 0 Å². The minimum Gasteiger partial charge on any atom is -0.359 e. The highest BCUT2D eigenvalue weighted by atomic mass is 15.4. The number of benzene rings is 1. The standard InChI is InChI=1S/C13H16N2/c1-10-14(2)9-12-8-7-11-5-3-4-6-13(11)15(10)12/h3-6,9-10H,7-8H2,1-2H3. The van der Waals surface area contributed by atoms with Crippen molar-refractivity contribution in [2.24, 2.45) is 0 Å². The van der Waals surface area contributed by atoms with E-state index in [4.69, 9.17) is 0 Å². The van der Waals surface area contributed by atoms with Crippen molar-refractivity contribution in [3.63, 3.8) is 0 Å². The monoisotopic (exact) mass is 200 g/mol. The van der Waals surface area contributed by atoms with Crippen LogP contribution in [0.15, 0.2) is 36.2 Å². The molecule has 1 aromatic rings. The largest absolute Gasteiger partial charge is 0.359 e. The first kappa shape index (κ1) is 8.84. The molecule has 0 amide bonds. The zero-order chi connectivity index (χ0) is 10.4. The first-order valence-electron chi connectivity index (χ1n) is 5.57. The first-order valence-corrected chi connectivity index (χ1v) is 5.57. The molecule has 1 aromatic carbocycles. The Bertz CT molecular complexity index is 422. The lowest BCUT2D eigenvalue weighted by molar-refractivity contribution is 0.381. The Kier molecular flexibility index (Phi) is 1.78. The zero-order valence-electron chi connectivity index (χ0n) is 9.27. The molecule has 0 saturated heterocycles. The van der Waals surface area contributed by atoms with Crippen LogP contribution in [-0.2, 0) is 6.42 Å². The molecule has 3 rings (SSSR count). The number of aryl methyl sites for hydroxylation is 1. The van der Waals surface area contributed by atoms with Gasteiger partial charge in [-0.25, -0.2) is 0 Å². The van der Waals surface area contributed by atoms with Crippen LogP contribution in [0.4, 0.5) is 5.69 Å². The molecule has 2 nitrogen and oxygen atoms in total. The summed E-state index contributed by atoms with van der Waals surface area (Å²) in [6, 6.07) is 8.75. The van der Waals surface area contributed by atoms with Crippen LogP contribution >= 0.6 is 0 Å². The molecule has 78 valence electrons. The number of para-hydroxylation sites is 1. The smallest absolute Gasteiger partial charge is 0.102 e. The predicted octanol–water partition coefficient (Wildman–Crippen LogP) is 2.57. The van der Waals surface area contributed by atoms with Gasteiger partial charge in [-0.15, -0.1) is 0 Å². The Balaban J connectivity index is 2.10. The van der Waals surface area contributed by atoms with E-state index in [0.29, 0.717) is 6.17 Å². The maximum absolute atomic E-state index is 2.46. The second-order valence-electron chi connectivity index (χ2n) is 4.42. The number of nitrogens with zero attached hydrogens (tertiary/aromatic N) is 2. The molecule has 0 aliphatic carbocycles. The molecule has 0 spiro atoms. The molecular formula is C13H16N2. The van der Waals surface area contributed by atoms with Crippen LogP contribution in [0.25, 0.3) is 0 Å². The summed E-state index contributed by atoms with van der Waals surface area (Å²) >= 11 is 0. The summed E-state index contributed by atoms with van der Waals surface area (Å²) in [5, 5.41) is 0. The van der Waals surface area contributed by atoms with Crippen molar-refractivity contribution in [1.29, 1.82) is 0 Å². The number of hydrogen-bond donors (Lipinski definition) is 0. The van der Waals surface area contributed by atoms with Crippen LogP contribution in [0.2, 0.25) is 0 Å². The highest BCUT2D eigenvalue weighted by molar-refractivity contribution is 5.62. The van der Waals surface area contributed by atoms with E-state index in [0.717, 1.165) is 0 Å². The molecule has 0 bridgehead atoms. The zero-order valence-corrected chi connectivity index (χ0v) is 9.27. The van der Waals surface area contributed by atoms with E-state index in [2.05, 4.69) is 54.2 Å². The predicted molar refractivity (Wildman–Crippen MR) is 62.6 cm³/mol. The van der Waals surface area contributed by atoms with Crippen molar-refractivity contribution in [3.05, 3.63) is 41.7 Å². The molecule has 0 radical (unpaired) electrons. The molecule has 0 saturated carbocycles. The lowest BCUT2D eigenvalue weighted by Crippen LogP contribution is -2.37. The van der Waals surface area contributed by atoms with Crippen LogP contribution in [0.3, 0.4) is 0 Å². The van der Waals surface area contributed by atoms with Crippen LogP contribution < -0.4 is 4.90 Å². The van der Waals surface area contributed by atoms with Gasteiger partial charge in [0.05, 0.1) is 0 Å². The van der Waals surface area contributed by atoms with Crippen LogP contribution in [0.1, 0.15) is 18.9 Å².